The first-order valence-electron chi connectivity index (χ1n) is 7.36. The van der Waals surface area contributed by atoms with Crippen LogP contribution in [-0.2, 0) is 9.53 Å². The Morgan fingerprint density at radius 3 is 2.67 bits per heavy atom. The summed E-state index contributed by atoms with van der Waals surface area (Å²) in [6.07, 6.45) is 4.60. The van der Waals surface area contributed by atoms with Gasteiger partial charge in [-0.05, 0) is 38.0 Å². The van der Waals surface area contributed by atoms with Crippen molar-refractivity contribution in [3.05, 3.63) is 29.8 Å². The van der Waals surface area contributed by atoms with Crippen LogP contribution in [0.15, 0.2) is 24.3 Å². The third kappa shape index (κ3) is 4.48. The number of ether oxygens (including phenoxy) is 1. The SMILES string of the molecule is C[C@@H](OC(=O)c1cccc(O)c1)C(=O)NC1CCCCC1. The highest BCUT2D eigenvalue weighted by Gasteiger charge is 2.22. The average Bonchev–Trinajstić information content (AvgIpc) is 2.48. The summed E-state index contributed by atoms with van der Waals surface area (Å²) in [6, 6.07) is 6.06. The smallest absolute Gasteiger partial charge is 0.339 e. The number of aromatic hydroxyl groups is 1. The Morgan fingerprint density at radius 1 is 1.29 bits per heavy atom. The lowest BCUT2D eigenvalue weighted by Gasteiger charge is -2.24. The van der Waals surface area contributed by atoms with Crippen LogP contribution in [0.2, 0.25) is 0 Å². The second-order valence-electron chi connectivity index (χ2n) is 5.44. The Kier molecular flexibility index (Phi) is 5.20. The summed E-state index contributed by atoms with van der Waals surface area (Å²) in [4.78, 5) is 23.9. The van der Waals surface area contributed by atoms with Crippen LogP contribution in [0.25, 0.3) is 0 Å². The topological polar surface area (TPSA) is 75.6 Å². The molecule has 0 spiro atoms. The van der Waals surface area contributed by atoms with Gasteiger partial charge < -0.3 is 15.2 Å². The summed E-state index contributed by atoms with van der Waals surface area (Å²) >= 11 is 0. The number of carbonyl (C=O) groups excluding carboxylic acids is 2. The molecule has 1 saturated carbocycles. The maximum absolute atomic E-state index is 12.0. The molecule has 1 aliphatic rings. The molecule has 1 aliphatic carbocycles. The first kappa shape index (κ1) is 15.4. The number of hydrogen-bond acceptors (Lipinski definition) is 4. The van der Waals surface area contributed by atoms with Gasteiger partial charge in [0.25, 0.3) is 5.91 Å². The molecule has 0 aliphatic heterocycles. The van der Waals surface area contributed by atoms with Crippen molar-refractivity contribution in [2.45, 2.75) is 51.2 Å². The van der Waals surface area contributed by atoms with Crippen LogP contribution in [0, 0.1) is 0 Å². The van der Waals surface area contributed by atoms with Crippen molar-refractivity contribution in [2.75, 3.05) is 0 Å². The fourth-order valence-electron chi connectivity index (χ4n) is 2.48. The predicted octanol–water partition coefficient (Wildman–Crippen LogP) is 2.39. The van der Waals surface area contributed by atoms with Crippen LogP contribution in [0.1, 0.15) is 49.4 Å². The van der Waals surface area contributed by atoms with Crippen LogP contribution in [0.4, 0.5) is 0 Å². The lowest BCUT2D eigenvalue weighted by Crippen LogP contribution is -2.42. The number of esters is 1. The first-order chi connectivity index (χ1) is 10.1. The molecule has 1 fully saturated rings. The van der Waals surface area contributed by atoms with Crippen LogP contribution < -0.4 is 5.32 Å². The third-order valence-electron chi connectivity index (χ3n) is 3.69. The summed E-state index contributed by atoms with van der Waals surface area (Å²) in [7, 11) is 0. The number of benzene rings is 1. The number of carbonyl (C=O) groups is 2. The van der Waals surface area contributed by atoms with E-state index in [0.717, 1.165) is 25.7 Å². The second-order valence-corrected chi connectivity index (χ2v) is 5.44. The average molecular weight is 291 g/mol. The highest BCUT2D eigenvalue weighted by molar-refractivity contribution is 5.92. The van der Waals surface area contributed by atoms with E-state index in [1.54, 1.807) is 13.0 Å². The molecule has 2 N–H and O–H groups in total. The van der Waals surface area contributed by atoms with Crippen LogP contribution in [-0.4, -0.2) is 29.1 Å². The highest BCUT2D eigenvalue weighted by atomic mass is 16.5. The van der Waals surface area contributed by atoms with Crippen LogP contribution in [0.5, 0.6) is 5.75 Å². The van der Waals surface area contributed by atoms with Gasteiger partial charge in [0.1, 0.15) is 5.75 Å². The minimum atomic E-state index is -0.846. The van der Waals surface area contributed by atoms with E-state index >= 15 is 0 Å². The van der Waals surface area contributed by atoms with Crippen molar-refractivity contribution in [1.82, 2.24) is 5.32 Å². The number of phenolic OH excluding ortho intramolecular Hbond substituents is 1. The molecule has 5 heteroatoms. The molecule has 0 heterocycles. The van der Waals surface area contributed by atoms with E-state index in [1.807, 2.05) is 0 Å². The molecule has 1 atom stereocenters. The molecule has 1 amide bonds. The Labute approximate surface area is 124 Å². The Bertz CT molecular complexity index is 509. The minimum Gasteiger partial charge on any atom is -0.508 e. The van der Waals surface area contributed by atoms with Crippen molar-refractivity contribution < 1.29 is 19.4 Å². The van der Waals surface area contributed by atoms with Crippen molar-refractivity contribution in [3.63, 3.8) is 0 Å². The molecule has 2 rings (SSSR count). The highest BCUT2D eigenvalue weighted by Crippen LogP contribution is 2.18. The zero-order chi connectivity index (χ0) is 15.2. The Balaban J connectivity index is 1.86. The van der Waals surface area contributed by atoms with Crippen LogP contribution in [0.3, 0.4) is 0 Å². The molecule has 5 nitrogen and oxygen atoms in total. The van der Waals surface area contributed by atoms with Gasteiger partial charge in [-0.1, -0.05) is 25.3 Å². The first-order valence-corrected chi connectivity index (χ1v) is 7.36. The van der Waals surface area contributed by atoms with Gasteiger partial charge in [-0.25, -0.2) is 4.79 Å². The summed E-state index contributed by atoms with van der Waals surface area (Å²) < 4.78 is 5.13. The lowest BCUT2D eigenvalue weighted by molar-refractivity contribution is -0.130. The second kappa shape index (κ2) is 7.11. The largest absolute Gasteiger partial charge is 0.508 e. The molecule has 0 bridgehead atoms. The molecule has 0 unspecified atom stereocenters. The van der Waals surface area contributed by atoms with E-state index in [-0.39, 0.29) is 23.3 Å². The Morgan fingerprint density at radius 2 is 2.00 bits per heavy atom. The Hall–Kier alpha value is -2.04. The fourth-order valence-corrected chi connectivity index (χ4v) is 2.48. The summed E-state index contributed by atoms with van der Waals surface area (Å²) in [5.74, 6) is -0.892. The number of rotatable bonds is 4. The zero-order valence-corrected chi connectivity index (χ0v) is 12.2. The molecular formula is C16H21NO4. The van der Waals surface area contributed by atoms with E-state index < -0.39 is 12.1 Å². The van der Waals surface area contributed by atoms with Gasteiger partial charge in [0.05, 0.1) is 5.56 Å². The van der Waals surface area contributed by atoms with E-state index in [9.17, 15) is 14.7 Å². The predicted molar refractivity (Wildman–Crippen MR) is 78.0 cm³/mol. The minimum absolute atomic E-state index is 0.0104. The summed E-state index contributed by atoms with van der Waals surface area (Å²) in [5.41, 5.74) is 0.229. The van der Waals surface area contributed by atoms with E-state index in [2.05, 4.69) is 5.32 Å². The molecule has 1 aromatic rings. The summed E-state index contributed by atoms with van der Waals surface area (Å²) in [6.45, 7) is 1.55. The molecule has 0 radical (unpaired) electrons. The molecule has 114 valence electrons. The zero-order valence-electron chi connectivity index (χ0n) is 12.2. The molecule has 0 aromatic heterocycles. The lowest BCUT2D eigenvalue weighted by atomic mass is 9.95. The van der Waals surface area contributed by atoms with Crippen molar-refractivity contribution >= 4 is 11.9 Å². The number of nitrogens with one attached hydrogen (secondary N) is 1. The van der Waals surface area contributed by atoms with Gasteiger partial charge in [-0.15, -0.1) is 0 Å². The number of amides is 1. The normalized spacial score (nSPS) is 17.0. The van der Waals surface area contributed by atoms with E-state index in [0.29, 0.717) is 0 Å². The number of hydrogen-bond donors (Lipinski definition) is 2. The standard InChI is InChI=1S/C16H21NO4/c1-11(15(19)17-13-7-3-2-4-8-13)21-16(20)12-6-5-9-14(18)10-12/h5-6,9-11,13,18H,2-4,7-8H2,1H3,(H,17,19)/t11-/m1/s1. The monoisotopic (exact) mass is 291 g/mol. The molecule has 0 saturated heterocycles. The van der Waals surface area contributed by atoms with Gasteiger partial charge in [0.15, 0.2) is 6.10 Å². The quantitative estimate of drug-likeness (QED) is 0.835. The van der Waals surface area contributed by atoms with Gasteiger partial charge >= 0.3 is 5.97 Å². The van der Waals surface area contributed by atoms with Gasteiger partial charge in [-0.3, -0.25) is 4.79 Å². The van der Waals surface area contributed by atoms with Gasteiger partial charge in [-0.2, -0.15) is 0 Å². The number of phenols is 1. The molecular weight excluding hydrogens is 270 g/mol. The maximum Gasteiger partial charge on any atom is 0.339 e. The van der Waals surface area contributed by atoms with E-state index in [4.69, 9.17) is 4.74 Å². The van der Waals surface area contributed by atoms with E-state index in [1.165, 1.54) is 24.6 Å². The van der Waals surface area contributed by atoms with Crippen LogP contribution >= 0.6 is 0 Å². The van der Waals surface area contributed by atoms with Crippen molar-refractivity contribution in [2.24, 2.45) is 0 Å². The molecule has 1 aromatic carbocycles. The molecule has 21 heavy (non-hydrogen) atoms. The van der Waals surface area contributed by atoms with Crippen molar-refractivity contribution in [3.8, 4) is 5.75 Å². The van der Waals surface area contributed by atoms with Gasteiger partial charge in [0, 0.05) is 6.04 Å². The third-order valence-corrected chi connectivity index (χ3v) is 3.69. The maximum atomic E-state index is 12.0. The van der Waals surface area contributed by atoms with Gasteiger partial charge in [0.2, 0.25) is 0 Å². The summed E-state index contributed by atoms with van der Waals surface area (Å²) in [5, 5.41) is 12.3. The fraction of sp³-hybridized carbons (Fsp3) is 0.500. The van der Waals surface area contributed by atoms with Crippen molar-refractivity contribution in [1.29, 1.82) is 0 Å².